The molecule has 8 nitrogen and oxygen atoms in total. The van der Waals surface area contributed by atoms with E-state index in [1.807, 2.05) is 0 Å². The number of hydrogen-bond donors (Lipinski definition) is 4. The molecule has 0 aromatic heterocycles. The maximum atomic E-state index is 10.2. The first-order chi connectivity index (χ1) is 21.7. The van der Waals surface area contributed by atoms with Gasteiger partial charge in [0.05, 0.1) is 0 Å². The number of carbonyl (C=O) groups is 4. The zero-order valence-corrected chi connectivity index (χ0v) is 37.7. The van der Waals surface area contributed by atoms with Crippen LogP contribution in [0, 0.1) is 21.7 Å². The van der Waals surface area contributed by atoms with Crippen LogP contribution < -0.4 is 0 Å². The molecule has 296 valence electrons. The summed E-state index contributed by atoms with van der Waals surface area (Å²) in [6.45, 7) is 26.5. The van der Waals surface area contributed by atoms with Crippen LogP contribution in [0.2, 0.25) is 0 Å². The van der Waals surface area contributed by atoms with Crippen molar-refractivity contribution in [1.29, 1.82) is 0 Å². The van der Waals surface area contributed by atoms with Crippen LogP contribution in [0.15, 0.2) is 0 Å². The maximum absolute atomic E-state index is 10.2. The quantitative estimate of drug-likeness (QED) is 0.0704. The molecule has 0 fully saturated rings. The van der Waals surface area contributed by atoms with Gasteiger partial charge in [-0.2, -0.15) is 0 Å². The van der Waals surface area contributed by atoms with Gasteiger partial charge in [-0.15, -0.1) is 0 Å². The molecule has 0 rings (SSSR count). The predicted molar refractivity (Wildman–Crippen MR) is 201 cm³/mol. The van der Waals surface area contributed by atoms with Gasteiger partial charge >= 0.3 is 23.9 Å². The van der Waals surface area contributed by atoms with Crippen LogP contribution in [0.25, 0.3) is 0 Å². The third kappa shape index (κ3) is 81.4. The largest absolute Gasteiger partial charge is 0.481 e. The first-order valence-corrected chi connectivity index (χ1v) is 18.5. The van der Waals surface area contributed by atoms with Gasteiger partial charge in [0.2, 0.25) is 0 Å². The third-order valence-corrected chi connectivity index (χ3v) is 7.27. The zero-order valence-electron chi connectivity index (χ0n) is 34.6. The fraction of sp³-hybridized carbons (Fsp3) is 0.900. The van der Waals surface area contributed by atoms with E-state index in [1.165, 1.54) is 25.7 Å². The molecular weight excluding hydrogens is 704 g/mol. The molecule has 0 unspecified atom stereocenters. The van der Waals surface area contributed by atoms with Gasteiger partial charge in [0, 0.05) is 69.1 Å². The molecule has 0 saturated heterocycles. The molecule has 50 heavy (non-hydrogen) atoms. The van der Waals surface area contributed by atoms with Crippen molar-refractivity contribution in [2.45, 2.75) is 212 Å². The van der Waals surface area contributed by atoms with Crippen LogP contribution in [0.1, 0.15) is 212 Å². The van der Waals surface area contributed by atoms with E-state index in [2.05, 4.69) is 83.1 Å². The second kappa shape index (κ2) is 35.3. The van der Waals surface area contributed by atoms with Crippen molar-refractivity contribution in [3.8, 4) is 0 Å². The van der Waals surface area contributed by atoms with E-state index in [1.54, 1.807) is 0 Å². The molecule has 0 saturated carbocycles. The first-order valence-electron chi connectivity index (χ1n) is 18.5. The van der Waals surface area contributed by atoms with Crippen LogP contribution >= 0.6 is 0 Å². The van der Waals surface area contributed by atoms with Gasteiger partial charge in [0.25, 0.3) is 0 Å². The summed E-state index contributed by atoms with van der Waals surface area (Å²) in [7, 11) is 0. The van der Waals surface area contributed by atoms with Crippen LogP contribution in [-0.4, -0.2) is 44.3 Å². The Bertz CT molecular complexity index is 681. The topological polar surface area (TPSA) is 149 Å². The zero-order chi connectivity index (χ0) is 38.5. The number of aliphatic carboxylic acids is 4. The Morgan fingerprint density at radius 1 is 0.300 bits per heavy atom. The van der Waals surface area contributed by atoms with E-state index in [4.69, 9.17) is 20.4 Å². The van der Waals surface area contributed by atoms with Crippen LogP contribution in [0.3, 0.4) is 0 Å². The molecule has 4 N–H and O–H groups in total. The average Bonchev–Trinajstić information content (AvgIpc) is 2.85. The van der Waals surface area contributed by atoms with Crippen LogP contribution in [-0.2, 0) is 62.6 Å². The fourth-order valence-corrected chi connectivity index (χ4v) is 4.43. The SMILES string of the molecule is CC(C)(C)CCCCCC(=O)O.CC(C)(C)CCCCCC(=O)O.CC(C)(C)CCCCCC(=O)O.CC(C)(C)CCCCCC(=O)O.[Ti].[Ti]. The summed E-state index contributed by atoms with van der Waals surface area (Å²) in [4.78, 5) is 40.6. The third-order valence-electron chi connectivity index (χ3n) is 7.27. The Kier molecular flexibility index (Phi) is 43.4. The molecule has 0 atom stereocenters. The number of carboxylic acids is 4. The fourth-order valence-electron chi connectivity index (χ4n) is 4.43. The molecular formula is C40H80O8Ti2. The normalized spacial score (nSPS) is 11.1. The van der Waals surface area contributed by atoms with E-state index in [9.17, 15) is 19.2 Å². The molecule has 0 aromatic carbocycles. The van der Waals surface area contributed by atoms with Crippen molar-refractivity contribution in [3.63, 3.8) is 0 Å². The van der Waals surface area contributed by atoms with Gasteiger partial charge in [-0.05, 0) is 73.0 Å². The molecule has 0 amide bonds. The van der Waals surface area contributed by atoms with E-state index >= 15 is 0 Å². The summed E-state index contributed by atoms with van der Waals surface area (Å²) in [5.41, 5.74) is 1.57. The van der Waals surface area contributed by atoms with Gasteiger partial charge in [-0.1, -0.05) is 134 Å². The van der Waals surface area contributed by atoms with Crippen molar-refractivity contribution < 1.29 is 83.0 Å². The van der Waals surface area contributed by atoms with Crippen molar-refractivity contribution in [2.24, 2.45) is 21.7 Å². The Balaban J connectivity index is -0.000000127. The van der Waals surface area contributed by atoms with E-state index in [0.717, 1.165) is 77.0 Å². The summed E-state index contributed by atoms with van der Waals surface area (Å²) in [6, 6.07) is 0. The standard InChI is InChI=1S/4C10H20O2.2Ti/c4*1-10(2,3)8-6-4-5-7-9(11)12;;/h4*4-8H2,1-3H3,(H,11,12);;. The molecule has 10 heteroatoms. The van der Waals surface area contributed by atoms with Gasteiger partial charge in [-0.3, -0.25) is 19.2 Å². The van der Waals surface area contributed by atoms with E-state index in [0.29, 0.717) is 47.3 Å². The number of unbranched alkanes of at least 4 members (excludes halogenated alkanes) is 8. The summed E-state index contributed by atoms with van der Waals surface area (Å²) in [5, 5.41) is 33.5. The number of rotatable bonds is 20. The minimum atomic E-state index is -0.675. The molecule has 0 radical (unpaired) electrons. The Morgan fingerprint density at radius 3 is 0.540 bits per heavy atom. The smallest absolute Gasteiger partial charge is 0.303 e. The van der Waals surface area contributed by atoms with E-state index < -0.39 is 23.9 Å². The molecule has 0 aliphatic carbocycles. The van der Waals surface area contributed by atoms with Gasteiger partial charge in [-0.25, -0.2) is 0 Å². The van der Waals surface area contributed by atoms with Crippen molar-refractivity contribution in [3.05, 3.63) is 0 Å². The Labute approximate surface area is 338 Å². The van der Waals surface area contributed by atoms with Crippen LogP contribution in [0.4, 0.5) is 0 Å². The minimum absolute atomic E-state index is 0. The minimum Gasteiger partial charge on any atom is -0.481 e. The summed E-state index contributed by atoms with van der Waals surface area (Å²) in [6.07, 6.45) is 18.1. The molecule has 0 aromatic rings. The first kappa shape index (κ1) is 61.4. The van der Waals surface area contributed by atoms with Crippen molar-refractivity contribution >= 4 is 23.9 Å². The second-order valence-electron chi connectivity index (χ2n) is 18.1. The molecule has 0 aliphatic heterocycles. The van der Waals surface area contributed by atoms with E-state index in [-0.39, 0.29) is 43.4 Å². The number of carboxylic acid groups (broad SMARTS) is 4. The molecule has 0 aliphatic rings. The summed E-state index contributed by atoms with van der Waals surface area (Å²) < 4.78 is 0. The maximum Gasteiger partial charge on any atom is 0.303 e. The Hall–Kier alpha value is -0.691. The predicted octanol–water partition coefficient (Wildman–Crippen LogP) is 12.3. The van der Waals surface area contributed by atoms with Gasteiger partial charge in [0.1, 0.15) is 0 Å². The van der Waals surface area contributed by atoms with Crippen molar-refractivity contribution in [1.82, 2.24) is 0 Å². The van der Waals surface area contributed by atoms with Crippen LogP contribution in [0.5, 0.6) is 0 Å². The Morgan fingerprint density at radius 2 is 0.440 bits per heavy atom. The summed E-state index contributed by atoms with van der Waals surface area (Å²) >= 11 is 0. The second-order valence-corrected chi connectivity index (χ2v) is 18.1. The monoisotopic (exact) mass is 784 g/mol. The van der Waals surface area contributed by atoms with Gasteiger partial charge < -0.3 is 20.4 Å². The van der Waals surface area contributed by atoms with Crippen molar-refractivity contribution in [2.75, 3.05) is 0 Å². The van der Waals surface area contributed by atoms with Gasteiger partial charge in [0.15, 0.2) is 0 Å². The molecule has 0 heterocycles. The molecule has 0 bridgehead atoms. The average molecular weight is 785 g/mol. The number of hydrogen-bond acceptors (Lipinski definition) is 4. The molecule has 0 spiro atoms. The summed E-state index contributed by atoms with van der Waals surface area (Å²) in [5.74, 6) is -2.70.